The van der Waals surface area contributed by atoms with E-state index in [0.29, 0.717) is 21.9 Å². The first kappa shape index (κ1) is 22.2. The lowest BCUT2D eigenvalue weighted by atomic mass is 10.2. The highest BCUT2D eigenvalue weighted by Gasteiger charge is 2.18. The fourth-order valence-electron chi connectivity index (χ4n) is 3.33. The molecule has 0 bridgehead atoms. The lowest BCUT2D eigenvalue weighted by Crippen LogP contribution is -2.07. The Hall–Kier alpha value is -3.03. The molecule has 0 radical (unpaired) electrons. The van der Waals surface area contributed by atoms with Gasteiger partial charge in [-0.2, -0.15) is 0 Å². The number of rotatable bonds is 9. The van der Waals surface area contributed by atoms with E-state index in [1.165, 1.54) is 17.3 Å². The molecule has 2 aromatic heterocycles. The summed E-state index contributed by atoms with van der Waals surface area (Å²) >= 11 is 7.09. The van der Waals surface area contributed by atoms with Crippen LogP contribution in [0.1, 0.15) is 33.2 Å². The number of benzene rings is 2. The third-order valence-corrected chi connectivity index (χ3v) is 6.08. The van der Waals surface area contributed by atoms with Crippen LogP contribution in [0.25, 0.3) is 0 Å². The van der Waals surface area contributed by atoms with Gasteiger partial charge in [0, 0.05) is 28.5 Å². The second kappa shape index (κ2) is 10.1. The highest BCUT2D eigenvalue weighted by atomic mass is 35.5. The van der Waals surface area contributed by atoms with Crippen LogP contribution in [-0.4, -0.2) is 26.3 Å². The second-order valence-electron chi connectivity index (χ2n) is 7.27. The zero-order valence-electron chi connectivity index (χ0n) is 17.7. The molecule has 0 spiro atoms. The van der Waals surface area contributed by atoms with Crippen molar-refractivity contribution < 1.29 is 13.9 Å². The summed E-state index contributed by atoms with van der Waals surface area (Å²) in [5.41, 5.74) is 3.93. The molecule has 8 heteroatoms. The highest BCUT2D eigenvalue weighted by Crippen LogP contribution is 2.23. The number of hydrogen-bond donors (Lipinski definition) is 0. The van der Waals surface area contributed by atoms with Gasteiger partial charge in [0.25, 0.3) is 11.1 Å². The fraction of sp³-hybridized carbons (Fsp3) is 0.208. The van der Waals surface area contributed by atoms with Crippen LogP contribution >= 0.6 is 23.4 Å². The van der Waals surface area contributed by atoms with E-state index < -0.39 is 0 Å². The van der Waals surface area contributed by atoms with Gasteiger partial charge in [0.05, 0.1) is 5.75 Å². The van der Waals surface area contributed by atoms with Gasteiger partial charge in [0.1, 0.15) is 5.75 Å². The van der Waals surface area contributed by atoms with Gasteiger partial charge < -0.3 is 13.7 Å². The molecule has 6 nitrogen and oxygen atoms in total. The first-order valence-electron chi connectivity index (χ1n) is 10.1. The Bertz CT molecular complexity index is 1200. The van der Waals surface area contributed by atoms with E-state index in [2.05, 4.69) is 26.9 Å². The molecule has 0 aliphatic rings. The van der Waals surface area contributed by atoms with Gasteiger partial charge in [-0.3, -0.25) is 4.79 Å². The van der Waals surface area contributed by atoms with E-state index in [1.54, 1.807) is 24.3 Å². The van der Waals surface area contributed by atoms with Gasteiger partial charge >= 0.3 is 0 Å². The number of aryl methyl sites for hydroxylation is 1. The number of carbonyl (C=O) groups excluding carboxylic acids is 1. The van der Waals surface area contributed by atoms with Gasteiger partial charge in [-0.15, -0.1) is 10.2 Å². The smallest absolute Gasteiger partial charge is 0.277 e. The Labute approximate surface area is 195 Å². The van der Waals surface area contributed by atoms with Crippen LogP contribution in [0, 0.1) is 13.8 Å². The zero-order chi connectivity index (χ0) is 22.5. The molecule has 2 aromatic carbocycles. The van der Waals surface area contributed by atoms with Crippen molar-refractivity contribution in [3.05, 3.63) is 94.1 Å². The average Bonchev–Trinajstić information content (AvgIpc) is 3.37. The third kappa shape index (κ3) is 5.41. The molecule has 0 saturated carbocycles. The number of Topliss-reactive ketones (excluding diaryl/α,β-unsaturated/α-hetero) is 1. The maximum Gasteiger partial charge on any atom is 0.277 e. The number of nitrogens with zero attached hydrogens (tertiary/aromatic N) is 3. The Balaban J connectivity index is 1.34. The van der Waals surface area contributed by atoms with Crippen molar-refractivity contribution in [3.8, 4) is 5.75 Å². The number of ketones is 1. The molecule has 164 valence electrons. The second-order valence-corrected chi connectivity index (χ2v) is 8.64. The molecule has 0 fully saturated rings. The van der Waals surface area contributed by atoms with Crippen LogP contribution in [0.3, 0.4) is 0 Å². The van der Waals surface area contributed by atoms with Crippen molar-refractivity contribution in [1.29, 1.82) is 0 Å². The molecule has 0 atom stereocenters. The predicted octanol–water partition coefficient (Wildman–Crippen LogP) is 5.74. The van der Waals surface area contributed by atoms with Crippen molar-refractivity contribution in [2.24, 2.45) is 0 Å². The molecule has 4 rings (SSSR count). The summed E-state index contributed by atoms with van der Waals surface area (Å²) in [6.07, 6.45) is 0. The molecule has 0 unspecified atom stereocenters. The van der Waals surface area contributed by atoms with E-state index in [-0.39, 0.29) is 18.1 Å². The fourth-order valence-corrected chi connectivity index (χ4v) is 4.12. The molecular formula is C24H22ClN3O3S. The van der Waals surface area contributed by atoms with Crippen LogP contribution in [0.4, 0.5) is 0 Å². The normalized spacial score (nSPS) is 11.0. The lowest BCUT2D eigenvalue weighted by Gasteiger charge is -2.09. The number of aromatic nitrogens is 3. The summed E-state index contributed by atoms with van der Waals surface area (Å²) < 4.78 is 13.3. The van der Waals surface area contributed by atoms with Crippen molar-refractivity contribution in [1.82, 2.24) is 14.8 Å². The number of hydrogen-bond acceptors (Lipinski definition) is 6. The molecule has 0 aliphatic heterocycles. The Morgan fingerprint density at radius 1 is 1.09 bits per heavy atom. The predicted molar refractivity (Wildman–Crippen MR) is 125 cm³/mol. The molecular weight excluding hydrogens is 446 g/mol. The van der Waals surface area contributed by atoms with E-state index in [0.717, 1.165) is 23.5 Å². The van der Waals surface area contributed by atoms with Crippen LogP contribution in [-0.2, 0) is 13.2 Å². The van der Waals surface area contributed by atoms with Crippen molar-refractivity contribution in [2.75, 3.05) is 5.75 Å². The topological polar surface area (TPSA) is 70.2 Å². The quantitative estimate of drug-likeness (QED) is 0.231. The number of halogens is 1. The summed E-state index contributed by atoms with van der Waals surface area (Å²) in [5, 5.41) is 8.95. The number of ether oxygens (including phenoxy) is 1. The highest BCUT2D eigenvalue weighted by molar-refractivity contribution is 7.99. The summed E-state index contributed by atoms with van der Waals surface area (Å²) in [6, 6.07) is 19.2. The first-order chi connectivity index (χ1) is 15.5. The maximum atomic E-state index is 12.8. The third-order valence-electron chi connectivity index (χ3n) is 5.01. The van der Waals surface area contributed by atoms with Crippen molar-refractivity contribution >= 4 is 29.1 Å². The van der Waals surface area contributed by atoms with E-state index in [1.807, 2.05) is 38.1 Å². The van der Waals surface area contributed by atoms with E-state index in [4.69, 9.17) is 20.8 Å². The number of thioether (sulfide) groups is 1. The van der Waals surface area contributed by atoms with E-state index >= 15 is 0 Å². The summed E-state index contributed by atoms with van der Waals surface area (Å²) in [6.45, 7) is 4.88. The van der Waals surface area contributed by atoms with Gasteiger partial charge in [0.2, 0.25) is 0 Å². The summed E-state index contributed by atoms with van der Waals surface area (Å²) in [7, 11) is 0. The van der Waals surface area contributed by atoms with Crippen LogP contribution in [0.2, 0.25) is 5.02 Å². The minimum atomic E-state index is 0.0274. The number of carbonyl (C=O) groups is 1. The zero-order valence-corrected chi connectivity index (χ0v) is 19.3. The molecule has 0 aliphatic carbocycles. The minimum absolute atomic E-state index is 0.0274. The molecule has 4 aromatic rings. The minimum Gasteiger partial charge on any atom is -0.484 e. The lowest BCUT2D eigenvalue weighted by molar-refractivity contribution is 0.102. The van der Waals surface area contributed by atoms with Crippen molar-refractivity contribution in [2.45, 2.75) is 32.2 Å². The van der Waals surface area contributed by atoms with Gasteiger partial charge in [-0.25, -0.2) is 0 Å². The monoisotopic (exact) mass is 467 g/mol. The Morgan fingerprint density at radius 2 is 1.84 bits per heavy atom. The van der Waals surface area contributed by atoms with Crippen LogP contribution in [0.5, 0.6) is 5.75 Å². The van der Waals surface area contributed by atoms with Crippen molar-refractivity contribution in [3.63, 3.8) is 0 Å². The molecule has 0 saturated heterocycles. The molecule has 0 amide bonds. The Kier molecular flexibility index (Phi) is 6.97. The SMILES string of the molecule is Cc1cc(C(=O)CSc2nnc(COc3ccc(Cl)cc3)o2)c(C)n1Cc1ccccc1. The van der Waals surface area contributed by atoms with Gasteiger partial charge in [0.15, 0.2) is 12.4 Å². The molecule has 32 heavy (non-hydrogen) atoms. The maximum absolute atomic E-state index is 12.8. The largest absolute Gasteiger partial charge is 0.484 e. The summed E-state index contributed by atoms with van der Waals surface area (Å²) in [5.74, 6) is 1.24. The van der Waals surface area contributed by atoms with E-state index in [9.17, 15) is 4.79 Å². The first-order valence-corrected chi connectivity index (χ1v) is 11.4. The van der Waals surface area contributed by atoms with Crippen LogP contribution < -0.4 is 4.74 Å². The molecule has 2 heterocycles. The van der Waals surface area contributed by atoms with Crippen LogP contribution in [0.15, 0.2) is 70.3 Å². The average molecular weight is 468 g/mol. The molecule has 0 N–H and O–H groups in total. The Morgan fingerprint density at radius 3 is 2.59 bits per heavy atom. The standard InChI is InChI=1S/C24H22ClN3O3S/c1-16-12-21(17(2)28(16)13-18-6-4-3-5-7-18)22(29)15-32-24-27-26-23(31-24)14-30-20-10-8-19(25)9-11-20/h3-12H,13-15H2,1-2H3. The van der Waals surface area contributed by atoms with Gasteiger partial charge in [-0.05, 0) is 49.7 Å². The van der Waals surface area contributed by atoms with Gasteiger partial charge in [-0.1, -0.05) is 53.7 Å². The summed E-state index contributed by atoms with van der Waals surface area (Å²) in [4.78, 5) is 12.8.